The molecule has 0 saturated heterocycles. The number of carbonyl (C=O) groups is 1. The number of unbranched alkanes of at least 4 members (excludes halogenated alkanes) is 1. The number of aliphatic hydroxyl groups excluding tert-OH is 1. The lowest BCUT2D eigenvalue weighted by molar-refractivity contribution is 0.0544. The first-order chi connectivity index (χ1) is 11.3. The summed E-state index contributed by atoms with van der Waals surface area (Å²) in [5.41, 5.74) is 0.925. The molecule has 0 aliphatic carbocycles. The summed E-state index contributed by atoms with van der Waals surface area (Å²) < 4.78 is 20.3. The van der Waals surface area contributed by atoms with E-state index in [4.69, 9.17) is 9.84 Å². The third-order valence-electron chi connectivity index (χ3n) is 3.29. The van der Waals surface area contributed by atoms with Crippen LogP contribution in [0.2, 0.25) is 0 Å². The minimum absolute atomic E-state index is 0.124. The van der Waals surface area contributed by atoms with E-state index in [0.29, 0.717) is 23.7 Å². The summed E-state index contributed by atoms with van der Waals surface area (Å²) in [4.78, 5) is 12.3. The number of benzene rings is 1. The lowest BCUT2D eigenvalue weighted by atomic mass is 10.1. The molecule has 0 amide bonds. The number of rotatable bonds is 4. The maximum absolute atomic E-state index is 13.5. The Kier molecular flexibility index (Phi) is 7.42. The van der Waals surface area contributed by atoms with E-state index < -0.39 is 11.7 Å². The van der Waals surface area contributed by atoms with Crippen LogP contribution in [0, 0.1) is 5.82 Å². The number of hydrogen-bond acceptors (Lipinski definition) is 3. The molecule has 4 nitrogen and oxygen atoms in total. The predicted molar refractivity (Wildman–Crippen MR) is 94.9 cm³/mol. The number of hydrogen-bond donors (Lipinski definition) is 1. The van der Waals surface area contributed by atoms with Gasteiger partial charge in [0.2, 0.25) is 0 Å². The van der Waals surface area contributed by atoms with Crippen molar-refractivity contribution in [1.29, 1.82) is 0 Å². The minimum Gasteiger partial charge on any atom is -0.443 e. The summed E-state index contributed by atoms with van der Waals surface area (Å²) in [5.74, 6) is -0.335. The number of halogens is 1. The van der Waals surface area contributed by atoms with Crippen molar-refractivity contribution >= 4 is 17.0 Å². The molecule has 0 unspecified atom stereocenters. The number of carbonyl (C=O) groups excluding carboxylic acids is 1. The molecule has 0 atom stereocenters. The Hall–Kier alpha value is -1.88. The molecule has 0 aliphatic rings. The molecule has 5 heteroatoms. The first-order valence-electron chi connectivity index (χ1n) is 8.45. The molecule has 0 spiro atoms. The molecule has 2 rings (SSSR count). The van der Waals surface area contributed by atoms with Gasteiger partial charge in [0, 0.05) is 18.2 Å². The lowest BCUT2D eigenvalue weighted by Gasteiger charge is -2.19. The highest BCUT2D eigenvalue weighted by molar-refractivity contribution is 5.92. The third-order valence-corrected chi connectivity index (χ3v) is 3.29. The van der Waals surface area contributed by atoms with E-state index in [1.54, 1.807) is 33.0 Å². The van der Waals surface area contributed by atoms with Crippen LogP contribution in [0.15, 0.2) is 24.4 Å². The topological polar surface area (TPSA) is 51.5 Å². The summed E-state index contributed by atoms with van der Waals surface area (Å²) in [5, 5.41) is 9.60. The van der Waals surface area contributed by atoms with Gasteiger partial charge in [-0.1, -0.05) is 13.8 Å². The number of fused-ring (bicyclic) bond motifs is 1. The summed E-state index contributed by atoms with van der Waals surface area (Å²) in [6.45, 7) is 9.54. The third kappa shape index (κ3) is 5.34. The second kappa shape index (κ2) is 8.83. The van der Waals surface area contributed by atoms with Gasteiger partial charge in [0.05, 0.1) is 5.52 Å². The number of aliphatic hydroxyl groups is 1. The molecule has 1 aromatic carbocycles. The molecule has 134 valence electrons. The van der Waals surface area contributed by atoms with E-state index >= 15 is 0 Å². The predicted octanol–water partition coefficient (Wildman–Crippen LogP) is 4.90. The van der Waals surface area contributed by atoms with Gasteiger partial charge in [0.25, 0.3) is 0 Å². The van der Waals surface area contributed by atoms with Crippen molar-refractivity contribution in [3.05, 3.63) is 35.8 Å². The molecule has 0 bridgehead atoms. The van der Waals surface area contributed by atoms with Crippen LogP contribution < -0.4 is 0 Å². The van der Waals surface area contributed by atoms with E-state index in [-0.39, 0.29) is 12.4 Å². The highest BCUT2D eigenvalue weighted by Gasteiger charge is 2.20. The fraction of sp³-hybridized carbons (Fsp3) is 0.526. The Morgan fingerprint density at radius 1 is 1.25 bits per heavy atom. The maximum Gasteiger partial charge on any atom is 0.419 e. The summed E-state index contributed by atoms with van der Waals surface area (Å²) in [6.07, 6.45) is 3.36. The highest BCUT2D eigenvalue weighted by atomic mass is 19.1. The Morgan fingerprint density at radius 3 is 2.50 bits per heavy atom. The van der Waals surface area contributed by atoms with Crippen LogP contribution in [-0.4, -0.2) is 28.0 Å². The smallest absolute Gasteiger partial charge is 0.419 e. The standard InChI is InChI=1S/C17H22FNO3.C2H6/c1-17(2,3)22-16(21)19-11-12(6-4-5-9-20)14-10-13(18)7-8-15(14)19;1-2/h7-8,10-11,20H,4-6,9H2,1-3H3;1-2H3. The van der Waals surface area contributed by atoms with Gasteiger partial charge in [-0.15, -0.1) is 0 Å². The van der Waals surface area contributed by atoms with Crippen LogP contribution in [0.5, 0.6) is 0 Å². The van der Waals surface area contributed by atoms with E-state index in [1.165, 1.54) is 16.7 Å². The maximum atomic E-state index is 13.5. The quantitative estimate of drug-likeness (QED) is 0.807. The summed E-state index contributed by atoms with van der Waals surface area (Å²) in [7, 11) is 0. The molecule has 0 fully saturated rings. The zero-order valence-corrected chi connectivity index (χ0v) is 15.2. The van der Waals surface area contributed by atoms with Crippen molar-refractivity contribution in [3.63, 3.8) is 0 Å². The van der Waals surface area contributed by atoms with Crippen molar-refractivity contribution < 1.29 is 19.0 Å². The van der Waals surface area contributed by atoms with Gasteiger partial charge in [-0.25, -0.2) is 9.18 Å². The van der Waals surface area contributed by atoms with Crippen molar-refractivity contribution in [3.8, 4) is 0 Å². The number of nitrogens with zero attached hydrogens (tertiary/aromatic N) is 1. The fourth-order valence-corrected chi connectivity index (χ4v) is 2.36. The van der Waals surface area contributed by atoms with Crippen molar-refractivity contribution in [1.82, 2.24) is 4.57 Å². The first kappa shape index (κ1) is 20.2. The van der Waals surface area contributed by atoms with Gasteiger partial charge < -0.3 is 9.84 Å². The minimum atomic E-state index is -0.593. The molecule has 1 heterocycles. The average Bonchev–Trinajstić information content (AvgIpc) is 2.86. The van der Waals surface area contributed by atoms with Gasteiger partial charge in [-0.05, 0) is 63.8 Å². The van der Waals surface area contributed by atoms with Crippen LogP contribution >= 0.6 is 0 Å². The monoisotopic (exact) mass is 337 g/mol. The second-order valence-electron chi connectivity index (χ2n) is 6.35. The van der Waals surface area contributed by atoms with E-state index in [2.05, 4.69) is 0 Å². The van der Waals surface area contributed by atoms with Crippen molar-refractivity contribution in [2.24, 2.45) is 0 Å². The lowest BCUT2D eigenvalue weighted by Crippen LogP contribution is -2.26. The Bertz CT molecular complexity index is 671. The van der Waals surface area contributed by atoms with Gasteiger partial charge in [-0.3, -0.25) is 4.57 Å². The second-order valence-corrected chi connectivity index (χ2v) is 6.35. The summed E-state index contributed by atoms with van der Waals surface area (Å²) >= 11 is 0. The molecule has 0 aliphatic heterocycles. The van der Waals surface area contributed by atoms with Crippen LogP contribution in [0.1, 0.15) is 53.0 Å². The zero-order valence-electron chi connectivity index (χ0n) is 15.2. The number of ether oxygens (including phenoxy) is 1. The van der Waals surface area contributed by atoms with Gasteiger partial charge in [0.1, 0.15) is 11.4 Å². The van der Waals surface area contributed by atoms with E-state index in [1.807, 2.05) is 13.8 Å². The first-order valence-corrected chi connectivity index (χ1v) is 8.45. The Labute approximate surface area is 143 Å². The van der Waals surface area contributed by atoms with E-state index in [9.17, 15) is 9.18 Å². The molecule has 2 aromatic rings. The molecular weight excluding hydrogens is 309 g/mol. The van der Waals surface area contributed by atoms with Crippen LogP contribution in [0.4, 0.5) is 9.18 Å². The molecular formula is C19H28FNO3. The van der Waals surface area contributed by atoms with Crippen molar-refractivity contribution in [2.45, 2.75) is 59.5 Å². The molecule has 24 heavy (non-hydrogen) atoms. The van der Waals surface area contributed by atoms with Crippen LogP contribution in [-0.2, 0) is 11.2 Å². The SMILES string of the molecule is CC.CC(C)(C)OC(=O)n1cc(CCCCO)c2cc(F)ccc21. The molecule has 1 aromatic heterocycles. The Balaban J connectivity index is 0.00000139. The Morgan fingerprint density at radius 2 is 1.92 bits per heavy atom. The fourth-order valence-electron chi connectivity index (χ4n) is 2.36. The van der Waals surface area contributed by atoms with Gasteiger partial charge in [0.15, 0.2) is 0 Å². The average molecular weight is 337 g/mol. The number of aryl methyl sites for hydroxylation is 1. The van der Waals surface area contributed by atoms with Crippen molar-refractivity contribution in [2.75, 3.05) is 6.61 Å². The van der Waals surface area contributed by atoms with E-state index in [0.717, 1.165) is 12.0 Å². The molecule has 0 saturated carbocycles. The van der Waals surface area contributed by atoms with Crippen LogP contribution in [0.25, 0.3) is 10.9 Å². The van der Waals surface area contributed by atoms with Crippen LogP contribution in [0.3, 0.4) is 0 Å². The number of aromatic nitrogens is 1. The molecule has 0 radical (unpaired) electrons. The van der Waals surface area contributed by atoms with Gasteiger partial charge >= 0.3 is 6.09 Å². The summed E-state index contributed by atoms with van der Waals surface area (Å²) in [6, 6.07) is 4.36. The zero-order chi connectivity index (χ0) is 18.3. The van der Waals surface area contributed by atoms with Gasteiger partial charge in [-0.2, -0.15) is 0 Å². The molecule has 1 N–H and O–H groups in total. The highest BCUT2D eigenvalue weighted by Crippen LogP contribution is 2.25. The largest absolute Gasteiger partial charge is 0.443 e. The normalized spacial score (nSPS) is 11.1.